The Balaban J connectivity index is 1.96. The van der Waals surface area contributed by atoms with Gasteiger partial charge in [0.1, 0.15) is 0 Å². The molecule has 22 heavy (non-hydrogen) atoms. The summed E-state index contributed by atoms with van der Waals surface area (Å²) in [6.45, 7) is 6.35. The minimum Gasteiger partial charge on any atom is -0.439 e. The number of aromatic nitrogens is 2. The van der Waals surface area contributed by atoms with E-state index in [0.29, 0.717) is 11.8 Å². The van der Waals surface area contributed by atoms with Crippen LogP contribution in [0.4, 0.5) is 0 Å². The molecular formula is C18H23N3O. The maximum atomic E-state index is 6.26. The molecule has 1 aromatic carbocycles. The van der Waals surface area contributed by atoms with E-state index in [1.807, 2.05) is 25.3 Å². The van der Waals surface area contributed by atoms with Crippen LogP contribution in [0.15, 0.2) is 34.9 Å². The molecule has 0 saturated carbocycles. The number of fused-ring (bicyclic) bond motifs is 1. The highest BCUT2D eigenvalue weighted by atomic mass is 16.4. The molecule has 0 aliphatic rings. The van der Waals surface area contributed by atoms with E-state index in [1.54, 1.807) is 0 Å². The second-order valence-electron chi connectivity index (χ2n) is 6.07. The maximum absolute atomic E-state index is 6.26. The second-order valence-corrected chi connectivity index (χ2v) is 6.07. The van der Waals surface area contributed by atoms with E-state index in [9.17, 15) is 0 Å². The zero-order valence-electron chi connectivity index (χ0n) is 13.4. The van der Waals surface area contributed by atoms with Gasteiger partial charge < -0.3 is 15.1 Å². The highest BCUT2D eigenvalue weighted by Gasteiger charge is 2.20. The molecule has 2 heterocycles. The predicted octanol–water partition coefficient (Wildman–Crippen LogP) is 4.57. The van der Waals surface area contributed by atoms with Gasteiger partial charge in [-0.2, -0.15) is 0 Å². The van der Waals surface area contributed by atoms with Crippen molar-refractivity contribution in [2.45, 2.75) is 39.7 Å². The molecule has 3 aromatic rings. The van der Waals surface area contributed by atoms with Crippen LogP contribution in [0.2, 0.25) is 0 Å². The van der Waals surface area contributed by atoms with Crippen molar-refractivity contribution in [3.63, 3.8) is 0 Å². The third-order valence-electron chi connectivity index (χ3n) is 4.32. The van der Waals surface area contributed by atoms with Crippen molar-refractivity contribution < 1.29 is 4.42 Å². The van der Waals surface area contributed by atoms with Crippen LogP contribution in [0.1, 0.15) is 44.3 Å². The smallest absolute Gasteiger partial charge is 0.212 e. The normalized spacial score (nSPS) is 14.4. The van der Waals surface area contributed by atoms with Crippen molar-refractivity contribution in [3.8, 4) is 11.3 Å². The molecule has 2 atom stereocenters. The summed E-state index contributed by atoms with van der Waals surface area (Å²) in [5.74, 6) is 2.02. The summed E-state index contributed by atoms with van der Waals surface area (Å²) in [5, 5.41) is 1.14. The van der Waals surface area contributed by atoms with Crippen molar-refractivity contribution in [2.24, 2.45) is 11.7 Å². The molecule has 0 aliphatic heterocycles. The molecule has 4 nitrogen and oxygen atoms in total. The maximum Gasteiger partial charge on any atom is 0.212 e. The predicted molar refractivity (Wildman–Crippen MR) is 89.5 cm³/mol. The molecule has 4 heteroatoms. The fraction of sp³-hybridized carbons (Fsp3) is 0.389. The average Bonchev–Trinajstić information content (AvgIpc) is 3.10. The van der Waals surface area contributed by atoms with Crippen LogP contribution in [-0.4, -0.2) is 9.97 Å². The molecule has 0 unspecified atom stereocenters. The minimum atomic E-state index is -0.146. The third kappa shape index (κ3) is 2.66. The lowest BCUT2D eigenvalue weighted by Crippen LogP contribution is -2.14. The van der Waals surface area contributed by atoms with Gasteiger partial charge in [0.05, 0.1) is 11.7 Å². The summed E-state index contributed by atoms with van der Waals surface area (Å²) in [5.41, 5.74) is 9.28. The molecule has 0 saturated heterocycles. The number of hydrogen-bond acceptors (Lipinski definition) is 3. The molecule has 0 fully saturated rings. The van der Waals surface area contributed by atoms with Crippen molar-refractivity contribution in [3.05, 3.63) is 42.0 Å². The first-order chi connectivity index (χ1) is 10.6. The number of aryl methyl sites for hydroxylation is 1. The molecule has 0 radical (unpaired) electrons. The van der Waals surface area contributed by atoms with Gasteiger partial charge >= 0.3 is 0 Å². The number of nitrogens with one attached hydrogen (secondary N) is 1. The molecular weight excluding hydrogens is 274 g/mol. The van der Waals surface area contributed by atoms with E-state index in [4.69, 9.17) is 10.2 Å². The van der Waals surface area contributed by atoms with Gasteiger partial charge in [0, 0.05) is 22.7 Å². The summed E-state index contributed by atoms with van der Waals surface area (Å²) in [4.78, 5) is 7.83. The molecule has 0 spiro atoms. The van der Waals surface area contributed by atoms with Crippen molar-refractivity contribution in [1.29, 1.82) is 0 Å². The molecule has 116 valence electrons. The van der Waals surface area contributed by atoms with E-state index in [0.717, 1.165) is 40.8 Å². The number of rotatable bonds is 5. The number of aromatic amines is 1. The zero-order valence-corrected chi connectivity index (χ0v) is 13.4. The van der Waals surface area contributed by atoms with E-state index in [1.165, 1.54) is 0 Å². The Kier molecular flexibility index (Phi) is 4.03. The molecule has 0 aliphatic carbocycles. The summed E-state index contributed by atoms with van der Waals surface area (Å²) in [6.07, 6.45) is 3.98. The van der Waals surface area contributed by atoms with Gasteiger partial charge in [-0.15, -0.1) is 0 Å². The first kappa shape index (κ1) is 14.9. The monoisotopic (exact) mass is 297 g/mol. The molecule has 0 amide bonds. The van der Waals surface area contributed by atoms with Gasteiger partial charge in [0.15, 0.2) is 5.76 Å². The SMILES string of the molecule is CC[C@@H](C)C[C@@H](N)c1nc(C)c(-c2c[nH]c3ccccc23)o1. The summed E-state index contributed by atoms with van der Waals surface area (Å²) < 4.78 is 6.02. The standard InChI is InChI=1S/C18H23N3O/c1-4-11(2)9-15(19)18-21-12(3)17(22-18)14-10-20-16-8-6-5-7-13(14)16/h5-8,10-11,15,20H,4,9,19H2,1-3H3/t11-,15-/m1/s1. The van der Waals surface area contributed by atoms with E-state index in [2.05, 4.69) is 35.9 Å². The molecule has 2 aromatic heterocycles. The Morgan fingerprint density at radius 3 is 2.86 bits per heavy atom. The van der Waals surface area contributed by atoms with Crippen molar-refractivity contribution in [1.82, 2.24) is 9.97 Å². The van der Waals surface area contributed by atoms with Crippen LogP contribution < -0.4 is 5.73 Å². The number of nitrogens with two attached hydrogens (primary N) is 1. The molecule has 3 rings (SSSR count). The number of benzene rings is 1. The van der Waals surface area contributed by atoms with E-state index < -0.39 is 0 Å². The van der Waals surface area contributed by atoms with Crippen LogP contribution >= 0.6 is 0 Å². The molecule has 0 bridgehead atoms. The van der Waals surface area contributed by atoms with Gasteiger partial charge in [-0.1, -0.05) is 38.5 Å². The minimum absolute atomic E-state index is 0.146. The van der Waals surface area contributed by atoms with E-state index in [-0.39, 0.29) is 6.04 Å². The lowest BCUT2D eigenvalue weighted by Gasteiger charge is -2.12. The highest BCUT2D eigenvalue weighted by Crippen LogP contribution is 2.33. The number of hydrogen-bond donors (Lipinski definition) is 2. The number of oxazole rings is 1. The second kappa shape index (κ2) is 5.97. The van der Waals surface area contributed by atoms with Gasteiger partial charge in [0.25, 0.3) is 0 Å². The van der Waals surface area contributed by atoms with Gasteiger partial charge in [0.2, 0.25) is 5.89 Å². The largest absolute Gasteiger partial charge is 0.439 e. The zero-order chi connectivity index (χ0) is 15.7. The topological polar surface area (TPSA) is 67.8 Å². The van der Waals surface area contributed by atoms with Crippen molar-refractivity contribution in [2.75, 3.05) is 0 Å². The fourth-order valence-corrected chi connectivity index (χ4v) is 2.79. The van der Waals surface area contributed by atoms with Crippen LogP contribution in [0.5, 0.6) is 0 Å². The summed E-state index contributed by atoms with van der Waals surface area (Å²) in [6, 6.07) is 8.04. The Morgan fingerprint density at radius 2 is 2.09 bits per heavy atom. The Morgan fingerprint density at radius 1 is 1.32 bits per heavy atom. The Labute approximate surface area is 130 Å². The quantitative estimate of drug-likeness (QED) is 0.725. The first-order valence-corrected chi connectivity index (χ1v) is 7.89. The number of nitrogens with zero attached hydrogens (tertiary/aromatic N) is 1. The molecule has 3 N–H and O–H groups in total. The Bertz CT molecular complexity index is 772. The van der Waals surface area contributed by atoms with Gasteiger partial charge in [-0.25, -0.2) is 4.98 Å². The van der Waals surface area contributed by atoms with Gasteiger partial charge in [-0.05, 0) is 25.3 Å². The van der Waals surface area contributed by atoms with Crippen LogP contribution in [0.25, 0.3) is 22.2 Å². The average molecular weight is 297 g/mol. The first-order valence-electron chi connectivity index (χ1n) is 7.89. The summed E-state index contributed by atoms with van der Waals surface area (Å²) >= 11 is 0. The Hall–Kier alpha value is -2.07. The van der Waals surface area contributed by atoms with E-state index >= 15 is 0 Å². The summed E-state index contributed by atoms with van der Waals surface area (Å²) in [7, 11) is 0. The third-order valence-corrected chi connectivity index (χ3v) is 4.32. The fourth-order valence-electron chi connectivity index (χ4n) is 2.79. The lowest BCUT2D eigenvalue weighted by atomic mass is 10.00. The van der Waals surface area contributed by atoms with Crippen LogP contribution in [0.3, 0.4) is 0 Å². The van der Waals surface area contributed by atoms with Crippen LogP contribution in [-0.2, 0) is 0 Å². The lowest BCUT2D eigenvalue weighted by molar-refractivity contribution is 0.390. The number of para-hydroxylation sites is 1. The van der Waals surface area contributed by atoms with Crippen molar-refractivity contribution >= 4 is 10.9 Å². The highest BCUT2D eigenvalue weighted by molar-refractivity contribution is 5.94. The van der Waals surface area contributed by atoms with Gasteiger partial charge in [-0.3, -0.25) is 0 Å². The number of H-pyrrole nitrogens is 1. The van der Waals surface area contributed by atoms with Crippen LogP contribution in [0, 0.1) is 12.8 Å².